The van der Waals surface area contributed by atoms with Gasteiger partial charge in [-0.25, -0.2) is 4.98 Å². The molecule has 17 heavy (non-hydrogen) atoms. The predicted molar refractivity (Wildman–Crippen MR) is 75.1 cm³/mol. The summed E-state index contributed by atoms with van der Waals surface area (Å²) in [6, 6.07) is 0. The van der Waals surface area contributed by atoms with Crippen LogP contribution < -0.4 is 5.73 Å². The second-order valence-corrected chi connectivity index (χ2v) is 5.76. The Hall–Kier alpha value is -0.300. The average molecular weight is 294 g/mol. The first-order valence-corrected chi connectivity index (χ1v) is 7.36. The van der Waals surface area contributed by atoms with Crippen LogP contribution in [0.15, 0.2) is 5.38 Å². The summed E-state index contributed by atoms with van der Waals surface area (Å²) >= 11 is 3.37. The number of hydrogen-bond acceptors (Lipinski definition) is 5. The highest BCUT2D eigenvalue weighted by Crippen LogP contribution is 2.15. The molecule has 0 radical (unpaired) electrons. The minimum atomic E-state index is 0. The number of amides is 1. The van der Waals surface area contributed by atoms with E-state index >= 15 is 0 Å². The molecule has 0 spiro atoms. The van der Waals surface area contributed by atoms with Crippen molar-refractivity contribution in [2.24, 2.45) is 5.73 Å². The summed E-state index contributed by atoms with van der Waals surface area (Å²) in [5.74, 6) is 2.23. The van der Waals surface area contributed by atoms with E-state index in [9.17, 15) is 4.79 Å². The van der Waals surface area contributed by atoms with Crippen molar-refractivity contribution in [2.75, 3.05) is 24.6 Å². The quantitative estimate of drug-likeness (QED) is 0.900. The zero-order chi connectivity index (χ0) is 11.4. The van der Waals surface area contributed by atoms with Gasteiger partial charge in [0.1, 0.15) is 10.7 Å². The van der Waals surface area contributed by atoms with Gasteiger partial charge in [-0.05, 0) is 12.2 Å². The van der Waals surface area contributed by atoms with Crippen LogP contribution in [0.3, 0.4) is 0 Å². The van der Waals surface area contributed by atoms with Gasteiger partial charge in [-0.2, -0.15) is 11.8 Å². The van der Waals surface area contributed by atoms with Crippen molar-refractivity contribution < 1.29 is 4.79 Å². The number of thioether (sulfide) groups is 1. The molecular formula is C10H16ClN3OS2. The Morgan fingerprint density at radius 3 is 3.00 bits per heavy atom. The molecule has 0 bridgehead atoms. The number of rotatable bonds is 2. The van der Waals surface area contributed by atoms with E-state index in [-0.39, 0.29) is 18.3 Å². The number of halogens is 1. The van der Waals surface area contributed by atoms with Crippen LogP contribution in [0, 0.1) is 0 Å². The van der Waals surface area contributed by atoms with E-state index in [1.54, 1.807) is 0 Å². The molecule has 0 aliphatic carbocycles. The zero-order valence-corrected chi connectivity index (χ0v) is 11.9. The van der Waals surface area contributed by atoms with Crippen LogP contribution >= 0.6 is 35.5 Å². The third-order valence-corrected chi connectivity index (χ3v) is 4.37. The summed E-state index contributed by atoms with van der Waals surface area (Å²) in [6.45, 7) is 2.09. The molecule has 0 saturated carbocycles. The minimum Gasteiger partial charge on any atom is -0.336 e. The van der Waals surface area contributed by atoms with Gasteiger partial charge in [-0.1, -0.05) is 0 Å². The first-order chi connectivity index (χ1) is 7.81. The Labute approximate surface area is 115 Å². The summed E-state index contributed by atoms with van der Waals surface area (Å²) in [5.41, 5.74) is 6.04. The lowest BCUT2D eigenvalue weighted by atomic mass is 10.3. The van der Waals surface area contributed by atoms with E-state index in [4.69, 9.17) is 5.73 Å². The molecule has 2 heterocycles. The van der Waals surface area contributed by atoms with Gasteiger partial charge in [0, 0.05) is 30.8 Å². The lowest BCUT2D eigenvalue weighted by Gasteiger charge is -2.18. The molecule has 2 rings (SSSR count). The Bertz CT molecular complexity index is 364. The molecule has 4 nitrogen and oxygen atoms in total. The van der Waals surface area contributed by atoms with Crippen molar-refractivity contribution in [3.63, 3.8) is 0 Å². The topological polar surface area (TPSA) is 59.2 Å². The van der Waals surface area contributed by atoms with E-state index in [1.807, 2.05) is 22.0 Å². The van der Waals surface area contributed by atoms with Crippen LogP contribution in [0.25, 0.3) is 0 Å². The number of thiazole rings is 1. The van der Waals surface area contributed by atoms with Crippen molar-refractivity contribution in [1.82, 2.24) is 9.88 Å². The fourth-order valence-electron chi connectivity index (χ4n) is 1.61. The van der Waals surface area contributed by atoms with Crippen molar-refractivity contribution in [3.05, 3.63) is 16.1 Å². The van der Waals surface area contributed by atoms with Crippen molar-refractivity contribution in [3.8, 4) is 0 Å². The SMILES string of the molecule is Cl.NCc1nc(C(=O)N2CCCSCC2)cs1. The molecule has 1 aliphatic rings. The average Bonchev–Trinajstić information content (AvgIpc) is 2.62. The third kappa shape index (κ3) is 3.84. The monoisotopic (exact) mass is 293 g/mol. The van der Waals surface area contributed by atoms with Gasteiger partial charge >= 0.3 is 0 Å². The minimum absolute atomic E-state index is 0. The fraction of sp³-hybridized carbons (Fsp3) is 0.600. The summed E-state index contributed by atoms with van der Waals surface area (Å²) < 4.78 is 0. The van der Waals surface area contributed by atoms with Crippen molar-refractivity contribution in [1.29, 1.82) is 0 Å². The second kappa shape index (κ2) is 7.20. The molecule has 96 valence electrons. The van der Waals surface area contributed by atoms with E-state index in [0.29, 0.717) is 12.2 Å². The number of hydrogen-bond donors (Lipinski definition) is 1. The van der Waals surface area contributed by atoms with E-state index < -0.39 is 0 Å². The fourth-order valence-corrected chi connectivity index (χ4v) is 3.15. The maximum atomic E-state index is 12.1. The third-order valence-electron chi connectivity index (χ3n) is 2.45. The predicted octanol–water partition coefficient (Wildman–Crippen LogP) is 1.60. The Kier molecular flexibility index (Phi) is 6.26. The molecule has 1 saturated heterocycles. The summed E-state index contributed by atoms with van der Waals surface area (Å²) in [7, 11) is 0. The molecule has 2 N–H and O–H groups in total. The standard InChI is InChI=1S/C10H15N3OS2.ClH/c11-6-9-12-8(7-16-9)10(14)13-2-1-4-15-5-3-13;/h7H,1-6,11H2;1H. The Morgan fingerprint density at radius 2 is 2.29 bits per heavy atom. The van der Waals surface area contributed by atoms with Crippen LogP contribution in [-0.2, 0) is 6.54 Å². The first-order valence-electron chi connectivity index (χ1n) is 5.33. The molecule has 1 aromatic heterocycles. The van der Waals surface area contributed by atoms with E-state index in [0.717, 1.165) is 36.0 Å². The van der Waals surface area contributed by atoms with Gasteiger partial charge in [-0.15, -0.1) is 23.7 Å². The van der Waals surface area contributed by atoms with Gasteiger partial charge < -0.3 is 10.6 Å². The lowest BCUT2D eigenvalue weighted by molar-refractivity contribution is 0.0763. The molecule has 7 heteroatoms. The highest BCUT2D eigenvalue weighted by Gasteiger charge is 2.19. The highest BCUT2D eigenvalue weighted by atomic mass is 35.5. The number of nitrogens with zero attached hydrogens (tertiary/aromatic N) is 2. The number of carbonyl (C=O) groups excluding carboxylic acids is 1. The number of aromatic nitrogens is 1. The lowest BCUT2D eigenvalue weighted by Crippen LogP contribution is -2.33. The van der Waals surface area contributed by atoms with E-state index in [1.165, 1.54) is 11.3 Å². The maximum Gasteiger partial charge on any atom is 0.273 e. The van der Waals surface area contributed by atoms with Gasteiger partial charge in [0.15, 0.2) is 0 Å². The van der Waals surface area contributed by atoms with Crippen LogP contribution in [0.1, 0.15) is 21.9 Å². The molecule has 0 aromatic carbocycles. The second-order valence-electron chi connectivity index (χ2n) is 3.59. The van der Waals surface area contributed by atoms with Crippen LogP contribution in [-0.4, -0.2) is 40.4 Å². The van der Waals surface area contributed by atoms with Crippen molar-refractivity contribution >= 4 is 41.4 Å². The molecule has 1 amide bonds. The molecule has 1 fully saturated rings. The largest absolute Gasteiger partial charge is 0.336 e. The van der Waals surface area contributed by atoms with E-state index in [2.05, 4.69) is 4.98 Å². The molecule has 1 aliphatic heterocycles. The molecule has 0 unspecified atom stereocenters. The molecule has 0 atom stereocenters. The summed E-state index contributed by atoms with van der Waals surface area (Å²) in [5, 5.41) is 2.63. The van der Waals surface area contributed by atoms with Crippen LogP contribution in [0.5, 0.6) is 0 Å². The van der Waals surface area contributed by atoms with Gasteiger partial charge in [0.05, 0.1) is 0 Å². The normalized spacial score (nSPS) is 16.2. The Morgan fingerprint density at radius 1 is 1.47 bits per heavy atom. The summed E-state index contributed by atoms with van der Waals surface area (Å²) in [6.07, 6.45) is 1.07. The number of nitrogens with two attached hydrogens (primary N) is 1. The zero-order valence-electron chi connectivity index (χ0n) is 9.42. The highest BCUT2D eigenvalue weighted by molar-refractivity contribution is 7.99. The van der Waals surface area contributed by atoms with Gasteiger partial charge in [-0.3, -0.25) is 4.79 Å². The molecule has 1 aromatic rings. The van der Waals surface area contributed by atoms with Crippen LogP contribution in [0.4, 0.5) is 0 Å². The number of carbonyl (C=O) groups is 1. The maximum absolute atomic E-state index is 12.1. The van der Waals surface area contributed by atoms with Gasteiger partial charge in [0.2, 0.25) is 0 Å². The summed E-state index contributed by atoms with van der Waals surface area (Å²) in [4.78, 5) is 18.2. The smallest absolute Gasteiger partial charge is 0.273 e. The van der Waals surface area contributed by atoms with Gasteiger partial charge in [0.25, 0.3) is 5.91 Å². The molecular weight excluding hydrogens is 278 g/mol. The van der Waals surface area contributed by atoms with Crippen LogP contribution in [0.2, 0.25) is 0 Å². The Balaban J connectivity index is 0.00000144. The first kappa shape index (κ1) is 14.8. The van der Waals surface area contributed by atoms with Crippen molar-refractivity contribution in [2.45, 2.75) is 13.0 Å².